The van der Waals surface area contributed by atoms with Crippen LogP contribution in [-0.2, 0) is 6.54 Å². The van der Waals surface area contributed by atoms with E-state index in [9.17, 15) is 10.2 Å². The van der Waals surface area contributed by atoms with E-state index >= 15 is 0 Å². The zero-order valence-electron chi connectivity index (χ0n) is 7.71. The van der Waals surface area contributed by atoms with Gasteiger partial charge in [-0.1, -0.05) is 11.3 Å². The first-order valence-corrected chi connectivity index (χ1v) is 5.06. The Bertz CT molecular complexity index is 464. The van der Waals surface area contributed by atoms with Gasteiger partial charge in [0.1, 0.15) is 21.5 Å². The molecule has 0 saturated carbocycles. The first-order chi connectivity index (χ1) is 7.19. The third-order valence-corrected chi connectivity index (χ3v) is 2.79. The Morgan fingerprint density at radius 2 is 1.80 bits per heavy atom. The van der Waals surface area contributed by atoms with Crippen LogP contribution in [0.5, 0.6) is 11.5 Å². The lowest BCUT2D eigenvalue weighted by molar-refractivity contribution is 0.451. The van der Waals surface area contributed by atoms with Gasteiger partial charge in [0.2, 0.25) is 0 Å². The smallest absolute Gasteiger partial charge is 0.148 e. The second-order valence-electron chi connectivity index (χ2n) is 2.94. The predicted octanol–water partition coefficient (Wildman–Crippen LogP) is 1.07. The zero-order valence-corrected chi connectivity index (χ0v) is 8.53. The number of hydrogen-bond acceptors (Lipinski definition) is 6. The van der Waals surface area contributed by atoms with Crippen molar-refractivity contribution in [2.75, 3.05) is 0 Å². The molecule has 0 amide bonds. The van der Waals surface area contributed by atoms with E-state index in [-0.39, 0.29) is 11.5 Å². The zero-order chi connectivity index (χ0) is 10.8. The molecule has 0 bridgehead atoms. The Hall–Kier alpha value is -1.66. The van der Waals surface area contributed by atoms with Crippen LogP contribution >= 0.6 is 11.3 Å². The van der Waals surface area contributed by atoms with Crippen molar-refractivity contribution in [2.24, 2.45) is 5.73 Å². The van der Waals surface area contributed by atoms with Gasteiger partial charge in [-0.3, -0.25) is 0 Å². The van der Waals surface area contributed by atoms with Gasteiger partial charge < -0.3 is 15.9 Å². The first kappa shape index (κ1) is 9.88. The van der Waals surface area contributed by atoms with E-state index in [1.807, 2.05) is 0 Å². The van der Waals surface area contributed by atoms with Gasteiger partial charge >= 0.3 is 0 Å². The van der Waals surface area contributed by atoms with Gasteiger partial charge in [-0.15, -0.1) is 10.2 Å². The molecule has 0 fully saturated rings. The summed E-state index contributed by atoms with van der Waals surface area (Å²) in [5, 5.41) is 27.7. The number of aromatic hydroxyl groups is 2. The number of phenols is 2. The molecule has 0 aliphatic carbocycles. The standard InChI is InChI=1S/C9H9N3O2S/c10-4-8-11-12-9(15-8)5-1-6(13)3-7(14)2-5/h1-3,13-14H,4,10H2. The molecular weight excluding hydrogens is 214 g/mol. The van der Waals surface area contributed by atoms with Crippen LogP contribution in [0.25, 0.3) is 10.6 Å². The average Bonchev–Trinajstić information content (AvgIpc) is 2.64. The number of rotatable bonds is 2. The average molecular weight is 223 g/mol. The number of aromatic nitrogens is 2. The van der Waals surface area contributed by atoms with Gasteiger partial charge in [0, 0.05) is 18.2 Å². The maximum Gasteiger partial charge on any atom is 0.148 e. The summed E-state index contributed by atoms with van der Waals surface area (Å²) < 4.78 is 0. The SMILES string of the molecule is NCc1nnc(-c2cc(O)cc(O)c2)s1. The van der Waals surface area contributed by atoms with Gasteiger partial charge in [0.25, 0.3) is 0 Å². The molecule has 1 heterocycles. The molecule has 1 aromatic carbocycles. The Morgan fingerprint density at radius 3 is 2.33 bits per heavy atom. The van der Waals surface area contributed by atoms with Gasteiger partial charge in [-0.05, 0) is 12.1 Å². The van der Waals surface area contributed by atoms with E-state index in [0.29, 0.717) is 22.1 Å². The van der Waals surface area contributed by atoms with Gasteiger partial charge in [-0.25, -0.2) is 0 Å². The molecule has 0 unspecified atom stereocenters. The lowest BCUT2D eigenvalue weighted by Gasteiger charge is -1.98. The second-order valence-corrected chi connectivity index (χ2v) is 4.01. The van der Waals surface area contributed by atoms with Gasteiger partial charge in [0.15, 0.2) is 0 Å². The van der Waals surface area contributed by atoms with Crippen molar-refractivity contribution < 1.29 is 10.2 Å². The van der Waals surface area contributed by atoms with Crippen molar-refractivity contribution >= 4 is 11.3 Å². The van der Waals surface area contributed by atoms with Crippen LogP contribution in [0.2, 0.25) is 0 Å². The molecule has 2 aromatic rings. The third-order valence-electron chi connectivity index (χ3n) is 1.79. The van der Waals surface area contributed by atoms with Crippen LogP contribution in [0, 0.1) is 0 Å². The minimum absolute atomic E-state index is 0.00509. The van der Waals surface area contributed by atoms with Crippen molar-refractivity contribution in [3.05, 3.63) is 23.2 Å². The largest absolute Gasteiger partial charge is 0.508 e. The van der Waals surface area contributed by atoms with Crippen molar-refractivity contribution in [3.63, 3.8) is 0 Å². The van der Waals surface area contributed by atoms with Gasteiger partial charge in [-0.2, -0.15) is 0 Å². The lowest BCUT2D eigenvalue weighted by atomic mass is 10.2. The number of nitrogens with zero attached hydrogens (tertiary/aromatic N) is 2. The summed E-state index contributed by atoms with van der Waals surface area (Å²) in [5.41, 5.74) is 6.04. The molecule has 0 saturated heterocycles. The first-order valence-electron chi connectivity index (χ1n) is 4.25. The van der Waals surface area contributed by atoms with E-state index < -0.39 is 0 Å². The van der Waals surface area contributed by atoms with Crippen LogP contribution < -0.4 is 5.73 Å². The summed E-state index contributed by atoms with van der Waals surface area (Å²) in [6.07, 6.45) is 0. The quantitative estimate of drug-likeness (QED) is 0.708. The maximum absolute atomic E-state index is 9.29. The predicted molar refractivity (Wildman–Crippen MR) is 56.6 cm³/mol. The minimum atomic E-state index is -0.00509. The second kappa shape index (κ2) is 3.84. The summed E-state index contributed by atoms with van der Waals surface area (Å²) >= 11 is 1.33. The van der Waals surface area contributed by atoms with E-state index in [0.717, 1.165) is 0 Å². The van der Waals surface area contributed by atoms with E-state index in [2.05, 4.69) is 10.2 Å². The Morgan fingerprint density at radius 1 is 1.13 bits per heavy atom. The molecule has 15 heavy (non-hydrogen) atoms. The molecule has 0 radical (unpaired) electrons. The highest BCUT2D eigenvalue weighted by molar-refractivity contribution is 7.14. The van der Waals surface area contributed by atoms with Crippen molar-refractivity contribution in [2.45, 2.75) is 6.54 Å². The highest BCUT2D eigenvalue weighted by Gasteiger charge is 2.07. The molecule has 5 nitrogen and oxygen atoms in total. The summed E-state index contributed by atoms with van der Waals surface area (Å²) in [6.45, 7) is 0.336. The molecule has 78 valence electrons. The Balaban J connectivity index is 2.44. The molecule has 0 atom stereocenters. The summed E-state index contributed by atoms with van der Waals surface area (Å²) in [4.78, 5) is 0. The Kier molecular flexibility index (Phi) is 2.53. The number of phenolic OH excluding ortho intramolecular Hbond substituents is 2. The fourth-order valence-corrected chi connectivity index (χ4v) is 1.88. The highest BCUT2D eigenvalue weighted by atomic mass is 32.1. The monoisotopic (exact) mass is 223 g/mol. The van der Waals surface area contributed by atoms with Crippen molar-refractivity contribution in [1.82, 2.24) is 10.2 Å². The molecule has 0 aliphatic rings. The summed E-state index contributed by atoms with van der Waals surface area (Å²) in [5.74, 6) is -0.0102. The van der Waals surface area contributed by atoms with Crippen LogP contribution in [-0.4, -0.2) is 20.4 Å². The molecule has 1 aromatic heterocycles. The van der Waals surface area contributed by atoms with Crippen LogP contribution in [0.15, 0.2) is 18.2 Å². The van der Waals surface area contributed by atoms with Gasteiger partial charge in [0.05, 0.1) is 0 Å². The third kappa shape index (κ3) is 2.05. The Labute approximate surface area is 89.8 Å². The van der Waals surface area contributed by atoms with Crippen LogP contribution in [0.3, 0.4) is 0 Å². The highest BCUT2D eigenvalue weighted by Crippen LogP contribution is 2.30. The number of hydrogen-bond donors (Lipinski definition) is 3. The molecule has 6 heteroatoms. The molecule has 0 aliphatic heterocycles. The number of benzene rings is 1. The van der Waals surface area contributed by atoms with Crippen molar-refractivity contribution in [1.29, 1.82) is 0 Å². The van der Waals surface area contributed by atoms with E-state index in [1.54, 1.807) is 0 Å². The lowest BCUT2D eigenvalue weighted by Crippen LogP contribution is -1.94. The molecule has 0 spiro atoms. The topological polar surface area (TPSA) is 92.3 Å². The van der Waals surface area contributed by atoms with Crippen LogP contribution in [0.4, 0.5) is 0 Å². The summed E-state index contributed by atoms with van der Waals surface area (Å²) in [6, 6.07) is 4.29. The number of nitrogens with two attached hydrogens (primary N) is 1. The minimum Gasteiger partial charge on any atom is -0.508 e. The fraction of sp³-hybridized carbons (Fsp3) is 0.111. The molecule has 2 rings (SSSR count). The van der Waals surface area contributed by atoms with Crippen molar-refractivity contribution in [3.8, 4) is 22.1 Å². The maximum atomic E-state index is 9.29. The summed E-state index contributed by atoms with van der Waals surface area (Å²) in [7, 11) is 0. The fourth-order valence-electron chi connectivity index (χ4n) is 1.17. The molecule has 4 N–H and O–H groups in total. The van der Waals surface area contributed by atoms with Crippen LogP contribution in [0.1, 0.15) is 5.01 Å². The normalized spacial score (nSPS) is 10.5. The van der Waals surface area contributed by atoms with E-state index in [4.69, 9.17) is 5.73 Å². The van der Waals surface area contributed by atoms with E-state index in [1.165, 1.54) is 29.5 Å². The molecular formula is C9H9N3O2S.